The van der Waals surface area contributed by atoms with Crippen molar-refractivity contribution in [3.05, 3.63) is 89.5 Å². The lowest BCUT2D eigenvalue weighted by Gasteiger charge is -2.45. The third kappa shape index (κ3) is 6.55. The van der Waals surface area contributed by atoms with Crippen LogP contribution >= 0.6 is 0 Å². The van der Waals surface area contributed by atoms with Crippen molar-refractivity contribution in [2.45, 2.75) is 52.0 Å². The smallest absolute Gasteiger partial charge is 0.274 e. The summed E-state index contributed by atoms with van der Waals surface area (Å²) < 4.78 is 6.30. The molecule has 0 atom stereocenters. The Morgan fingerprint density at radius 3 is 2.49 bits per heavy atom. The molecule has 0 bridgehead atoms. The molecule has 0 radical (unpaired) electrons. The number of hydrogen-bond acceptors (Lipinski definition) is 5. The van der Waals surface area contributed by atoms with Crippen molar-refractivity contribution in [2.24, 2.45) is 5.41 Å². The van der Waals surface area contributed by atoms with E-state index >= 15 is 0 Å². The molecule has 37 heavy (non-hydrogen) atoms. The van der Waals surface area contributed by atoms with Gasteiger partial charge in [-0.2, -0.15) is 0 Å². The predicted molar refractivity (Wildman–Crippen MR) is 146 cm³/mol. The molecule has 194 valence electrons. The molecule has 0 saturated carbocycles. The fourth-order valence-corrected chi connectivity index (χ4v) is 5.82. The molecule has 0 unspecified atom stereocenters. The molecule has 1 spiro atoms. The molecule has 3 aromatic rings. The zero-order chi connectivity index (χ0) is 25.5. The van der Waals surface area contributed by atoms with Crippen LogP contribution in [-0.4, -0.2) is 58.5 Å². The number of rotatable bonds is 3. The Bertz CT molecular complexity index is 1160. The van der Waals surface area contributed by atoms with Crippen LogP contribution in [0.3, 0.4) is 0 Å². The number of carbonyl (C=O) groups is 1. The van der Waals surface area contributed by atoms with Crippen LogP contribution in [0.15, 0.2) is 67.0 Å². The molecule has 1 amide bonds. The maximum atomic E-state index is 13.1. The van der Waals surface area contributed by atoms with Crippen LogP contribution in [-0.2, 0) is 13.0 Å². The number of piperidine rings is 1. The van der Waals surface area contributed by atoms with Crippen LogP contribution in [0.2, 0.25) is 0 Å². The molecule has 1 fully saturated rings. The first-order valence-corrected chi connectivity index (χ1v) is 13.7. The number of benzene rings is 2. The average Bonchev–Trinajstić information content (AvgIpc) is 2.92. The van der Waals surface area contributed by atoms with E-state index in [0.717, 1.165) is 69.9 Å². The number of aryl methyl sites for hydroxylation is 2. The summed E-state index contributed by atoms with van der Waals surface area (Å²) in [6, 6.07) is 19.2. The van der Waals surface area contributed by atoms with E-state index < -0.39 is 0 Å². The van der Waals surface area contributed by atoms with Gasteiger partial charge in [0.1, 0.15) is 18.1 Å². The third-order valence-electron chi connectivity index (χ3n) is 7.96. The van der Waals surface area contributed by atoms with Gasteiger partial charge in [-0.3, -0.25) is 14.7 Å². The quantitative estimate of drug-likeness (QED) is 0.490. The summed E-state index contributed by atoms with van der Waals surface area (Å²) in [5.41, 5.74) is 4.11. The summed E-state index contributed by atoms with van der Waals surface area (Å²) in [6.07, 6.45) is 9.89. The first-order valence-electron chi connectivity index (χ1n) is 13.7. The molecular formula is C31H38N4O2. The lowest BCUT2D eigenvalue weighted by Crippen LogP contribution is -2.48. The van der Waals surface area contributed by atoms with Crippen molar-refractivity contribution in [3.8, 4) is 5.75 Å². The highest BCUT2D eigenvalue weighted by atomic mass is 16.5. The SMILES string of the molecule is Cc1cnc(C(=O)N2CCC3(CCCCc4ccccc4OCCN(Cc4ccccc4)C3)CC2)cn1. The maximum absolute atomic E-state index is 13.1. The summed E-state index contributed by atoms with van der Waals surface area (Å²) in [5, 5.41) is 0. The topological polar surface area (TPSA) is 58.6 Å². The third-order valence-corrected chi connectivity index (χ3v) is 7.96. The Morgan fingerprint density at radius 1 is 0.919 bits per heavy atom. The second-order valence-electron chi connectivity index (χ2n) is 10.7. The van der Waals surface area contributed by atoms with Crippen molar-refractivity contribution in [3.63, 3.8) is 0 Å². The number of amides is 1. The van der Waals surface area contributed by atoms with Gasteiger partial charge in [-0.05, 0) is 61.6 Å². The van der Waals surface area contributed by atoms with Crippen LogP contribution in [0.25, 0.3) is 0 Å². The monoisotopic (exact) mass is 498 g/mol. The molecule has 5 rings (SSSR count). The fourth-order valence-electron chi connectivity index (χ4n) is 5.82. The van der Waals surface area contributed by atoms with Gasteiger partial charge in [0.05, 0.1) is 11.9 Å². The van der Waals surface area contributed by atoms with Gasteiger partial charge in [-0.1, -0.05) is 55.0 Å². The summed E-state index contributed by atoms with van der Waals surface area (Å²) in [6.45, 7) is 6.93. The minimum Gasteiger partial charge on any atom is -0.492 e. The minimum atomic E-state index is 0.00153. The van der Waals surface area contributed by atoms with Gasteiger partial charge in [0.2, 0.25) is 0 Å². The largest absolute Gasteiger partial charge is 0.492 e. The average molecular weight is 499 g/mol. The fraction of sp³-hybridized carbons (Fsp3) is 0.452. The Morgan fingerprint density at radius 2 is 1.70 bits per heavy atom. The zero-order valence-corrected chi connectivity index (χ0v) is 21.9. The summed E-state index contributed by atoms with van der Waals surface area (Å²) in [7, 11) is 0. The van der Waals surface area contributed by atoms with Crippen molar-refractivity contribution in [1.82, 2.24) is 19.8 Å². The molecule has 1 saturated heterocycles. The van der Waals surface area contributed by atoms with E-state index in [2.05, 4.69) is 69.5 Å². The second kappa shape index (κ2) is 11.9. The number of likely N-dealkylation sites (tertiary alicyclic amines) is 1. The van der Waals surface area contributed by atoms with E-state index in [4.69, 9.17) is 4.74 Å². The molecule has 3 heterocycles. The highest BCUT2D eigenvalue weighted by molar-refractivity contribution is 5.92. The van der Waals surface area contributed by atoms with Crippen LogP contribution in [0.4, 0.5) is 0 Å². The van der Waals surface area contributed by atoms with Crippen molar-refractivity contribution in [2.75, 3.05) is 32.8 Å². The van der Waals surface area contributed by atoms with Crippen LogP contribution in [0.1, 0.15) is 59.4 Å². The lowest BCUT2D eigenvalue weighted by molar-refractivity contribution is 0.0357. The standard InChI is InChI=1S/C31H38N4O2/c1-25-21-33-28(22-32-25)30(36)35-17-15-31(16-18-35)14-8-7-12-27-11-5-6-13-29(27)37-20-19-34(24-31)23-26-9-3-2-4-10-26/h2-6,9-11,13,21-22H,7-8,12,14-20,23-24H2,1H3. The normalized spacial score (nSPS) is 18.8. The van der Waals surface area contributed by atoms with Gasteiger partial charge in [0, 0.05) is 38.9 Å². The van der Waals surface area contributed by atoms with Gasteiger partial charge in [-0.15, -0.1) is 0 Å². The molecule has 1 aromatic heterocycles. The Kier molecular flexibility index (Phi) is 8.15. The number of hydrogen-bond donors (Lipinski definition) is 0. The Balaban J connectivity index is 1.32. The van der Waals surface area contributed by atoms with E-state index in [1.165, 1.54) is 24.0 Å². The van der Waals surface area contributed by atoms with Crippen molar-refractivity contribution in [1.29, 1.82) is 0 Å². The number of nitrogens with zero attached hydrogens (tertiary/aromatic N) is 4. The lowest BCUT2D eigenvalue weighted by atomic mass is 9.73. The summed E-state index contributed by atoms with van der Waals surface area (Å²) in [4.78, 5) is 26.3. The number of para-hydroxylation sites is 1. The van der Waals surface area contributed by atoms with Gasteiger partial charge < -0.3 is 9.64 Å². The van der Waals surface area contributed by atoms with Crippen molar-refractivity contribution >= 4 is 5.91 Å². The van der Waals surface area contributed by atoms with Crippen molar-refractivity contribution < 1.29 is 9.53 Å². The molecule has 2 aliphatic rings. The molecule has 0 N–H and O–H groups in total. The predicted octanol–water partition coefficient (Wildman–Crippen LogP) is 5.32. The van der Waals surface area contributed by atoms with Gasteiger partial charge in [0.15, 0.2) is 0 Å². The minimum absolute atomic E-state index is 0.00153. The van der Waals surface area contributed by atoms with Crippen LogP contribution in [0.5, 0.6) is 5.75 Å². The first kappa shape index (κ1) is 25.4. The van der Waals surface area contributed by atoms with E-state index in [1.54, 1.807) is 12.4 Å². The Hall–Kier alpha value is -3.25. The van der Waals surface area contributed by atoms with Gasteiger partial charge in [0.25, 0.3) is 5.91 Å². The van der Waals surface area contributed by atoms with Crippen LogP contribution in [0, 0.1) is 12.3 Å². The molecule has 0 aliphatic carbocycles. The van der Waals surface area contributed by atoms with E-state index in [-0.39, 0.29) is 11.3 Å². The van der Waals surface area contributed by atoms with E-state index in [1.807, 2.05) is 11.8 Å². The number of fused-ring (bicyclic) bond motifs is 1. The van der Waals surface area contributed by atoms with E-state index in [9.17, 15) is 4.79 Å². The summed E-state index contributed by atoms with van der Waals surface area (Å²) >= 11 is 0. The second-order valence-corrected chi connectivity index (χ2v) is 10.7. The van der Waals surface area contributed by atoms with Crippen LogP contribution < -0.4 is 4.74 Å². The first-order chi connectivity index (χ1) is 18.1. The zero-order valence-electron chi connectivity index (χ0n) is 21.9. The van der Waals surface area contributed by atoms with Gasteiger partial charge >= 0.3 is 0 Å². The van der Waals surface area contributed by atoms with Gasteiger partial charge in [-0.25, -0.2) is 4.98 Å². The number of aromatic nitrogens is 2. The highest BCUT2D eigenvalue weighted by Crippen LogP contribution is 2.39. The molecular weight excluding hydrogens is 460 g/mol. The van der Waals surface area contributed by atoms with E-state index in [0.29, 0.717) is 12.3 Å². The number of ether oxygens (including phenoxy) is 1. The molecule has 2 aliphatic heterocycles. The highest BCUT2D eigenvalue weighted by Gasteiger charge is 2.37. The summed E-state index contributed by atoms with van der Waals surface area (Å²) in [5.74, 6) is 1.03. The molecule has 6 nitrogen and oxygen atoms in total. The Labute approximate surface area is 220 Å². The molecule has 6 heteroatoms. The maximum Gasteiger partial charge on any atom is 0.274 e. The number of carbonyl (C=O) groups excluding carboxylic acids is 1. The molecule has 2 aromatic carbocycles.